The van der Waals surface area contributed by atoms with Gasteiger partial charge in [-0.3, -0.25) is 4.79 Å². The number of ether oxygens (including phenoxy) is 4. The molecule has 3 aromatic carbocycles. The molecule has 0 bridgehead atoms. The van der Waals surface area contributed by atoms with E-state index in [0.29, 0.717) is 39.9 Å². The van der Waals surface area contributed by atoms with Gasteiger partial charge in [0, 0.05) is 6.04 Å². The molecule has 2 unspecified atom stereocenters. The Bertz CT molecular complexity index is 1310. The number of hydrogen-bond acceptors (Lipinski definition) is 6. The molecule has 7 heteroatoms. The molecule has 1 aliphatic rings. The summed E-state index contributed by atoms with van der Waals surface area (Å²) in [5, 5.41) is 3.04. The van der Waals surface area contributed by atoms with Crippen LogP contribution in [0, 0.1) is 5.92 Å². The molecular formula is C33H37NO6. The van der Waals surface area contributed by atoms with Gasteiger partial charge >= 0.3 is 5.97 Å². The van der Waals surface area contributed by atoms with Crippen LogP contribution in [0.1, 0.15) is 43.7 Å². The minimum absolute atomic E-state index is 0.111. The molecule has 1 saturated carbocycles. The van der Waals surface area contributed by atoms with Gasteiger partial charge in [-0.15, -0.1) is 0 Å². The molecule has 40 heavy (non-hydrogen) atoms. The van der Waals surface area contributed by atoms with Crippen LogP contribution < -0.4 is 19.5 Å². The van der Waals surface area contributed by atoms with Crippen molar-refractivity contribution in [2.45, 2.75) is 38.6 Å². The Morgan fingerprint density at radius 2 is 1.48 bits per heavy atom. The molecular weight excluding hydrogens is 506 g/mol. The number of nitrogens with one attached hydrogen (secondary N) is 1. The van der Waals surface area contributed by atoms with E-state index in [-0.39, 0.29) is 18.6 Å². The van der Waals surface area contributed by atoms with Gasteiger partial charge in [-0.25, -0.2) is 4.79 Å². The predicted molar refractivity (Wildman–Crippen MR) is 156 cm³/mol. The second-order valence-corrected chi connectivity index (χ2v) is 9.97. The summed E-state index contributed by atoms with van der Waals surface area (Å²) in [6.45, 7) is 1.80. The van der Waals surface area contributed by atoms with Crippen LogP contribution in [0.2, 0.25) is 0 Å². The van der Waals surface area contributed by atoms with Gasteiger partial charge in [0.05, 0.1) is 26.9 Å². The number of rotatable bonds is 10. The number of carbonyl (C=O) groups excluding carboxylic acids is 2. The molecule has 0 saturated heterocycles. The number of hydrogen-bond donors (Lipinski definition) is 1. The molecule has 210 valence electrons. The molecule has 1 N–H and O–H groups in total. The van der Waals surface area contributed by atoms with Crippen molar-refractivity contribution < 1.29 is 28.5 Å². The second kappa shape index (κ2) is 13.7. The first-order chi connectivity index (χ1) is 19.4. The van der Waals surface area contributed by atoms with E-state index in [2.05, 4.69) is 12.2 Å². The average molecular weight is 544 g/mol. The molecule has 1 aliphatic carbocycles. The van der Waals surface area contributed by atoms with Gasteiger partial charge in [0.1, 0.15) is 0 Å². The van der Waals surface area contributed by atoms with Gasteiger partial charge in [-0.2, -0.15) is 0 Å². The smallest absolute Gasteiger partial charge is 0.339 e. The molecule has 0 heterocycles. The summed E-state index contributed by atoms with van der Waals surface area (Å²) in [6, 6.07) is 21.3. The van der Waals surface area contributed by atoms with Gasteiger partial charge < -0.3 is 24.3 Å². The van der Waals surface area contributed by atoms with Crippen LogP contribution in [0.15, 0.2) is 66.7 Å². The Hall–Kier alpha value is -4.26. The van der Waals surface area contributed by atoms with Gasteiger partial charge in [0.2, 0.25) is 5.75 Å². The summed E-state index contributed by atoms with van der Waals surface area (Å²) in [4.78, 5) is 26.1. The molecule has 0 radical (unpaired) electrons. The maximum atomic E-state index is 13.4. The monoisotopic (exact) mass is 543 g/mol. The van der Waals surface area contributed by atoms with Crippen LogP contribution in [0.5, 0.6) is 17.2 Å². The third kappa shape index (κ3) is 7.03. The maximum absolute atomic E-state index is 13.4. The zero-order valence-electron chi connectivity index (χ0n) is 23.6. The van der Waals surface area contributed by atoms with E-state index in [9.17, 15) is 9.59 Å². The lowest BCUT2D eigenvalue weighted by Gasteiger charge is -2.29. The lowest BCUT2D eigenvalue weighted by atomic mass is 9.86. The van der Waals surface area contributed by atoms with E-state index >= 15 is 0 Å². The van der Waals surface area contributed by atoms with Gasteiger partial charge in [-0.1, -0.05) is 74.4 Å². The second-order valence-electron chi connectivity index (χ2n) is 9.97. The minimum Gasteiger partial charge on any atom is -0.493 e. The first kappa shape index (κ1) is 28.7. The van der Waals surface area contributed by atoms with Crippen LogP contribution >= 0.6 is 0 Å². The quantitative estimate of drug-likeness (QED) is 0.187. The third-order valence-corrected chi connectivity index (χ3v) is 7.31. The highest BCUT2D eigenvalue weighted by molar-refractivity contribution is 6.22. The Morgan fingerprint density at radius 1 is 0.850 bits per heavy atom. The summed E-state index contributed by atoms with van der Waals surface area (Å²) in [5.41, 5.74) is 3.69. The highest BCUT2D eigenvalue weighted by Crippen LogP contribution is 2.39. The van der Waals surface area contributed by atoms with E-state index < -0.39 is 5.97 Å². The molecule has 0 spiro atoms. The minimum atomic E-state index is -0.604. The Morgan fingerprint density at radius 3 is 2.08 bits per heavy atom. The lowest BCUT2D eigenvalue weighted by molar-refractivity contribution is -0.143. The zero-order valence-corrected chi connectivity index (χ0v) is 23.6. The van der Waals surface area contributed by atoms with Crippen molar-refractivity contribution >= 4 is 23.5 Å². The first-order valence-electron chi connectivity index (χ1n) is 13.6. The standard InChI is InChI=1S/C33H37NO6/c1-22-10-8-9-13-28(22)34-31(35)21-40-33(36)27(18-23-19-29(37-2)32(39-4)30(20-23)38-3)26-16-14-25(15-17-26)24-11-6-5-7-12-24/h5-7,11-12,14-20,22,28H,8-10,13,21H2,1-4H3,(H,34,35). The highest BCUT2D eigenvalue weighted by atomic mass is 16.5. The van der Waals surface area contributed by atoms with Crippen LogP contribution in [-0.4, -0.2) is 45.9 Å². The van der Waals surface area contributed by atoms with Crippen molar-refractivity contribution in [3.05, 3.63) is 77.9 Å². The summed E-state index contributed by atoms with van der Waals surface area (Å²) in [6.07, 6.45) is 6.01. The fourth-order valence-corrected chi connectivity index (χ4v) is 5.07. The van der Waals surface area contributed by atoms with Gasteiger partial charge in [0.25, 0.3) is 5.91 Å². The summed E-state index contributed by atoms with van der Waals surface area (Å²) >= 11 is 0. The third-order valence-electron chi connectivity index (χ3n) is 7.31. The van der Waals surface area contributed by atoms with Crippen LogP contribution in [-0.2, 0) is 14.3 Å². The number of amides is 1. The number of methoxy groups -OCH3 is 3. The normalized spacial score (nSPS) is 17.1. The zero-order chi connectivity index (χ0) is 28.5. The van der Waals surface area contributed by atoms with E-state index in [4.69, 9.17) is 18.9 Å². The Kier molecular flexibility index (Phi) is 9.84. The summed E-state index contributed by atoms with van der Waals surface area (Å²) < 4.78 is 21.9. The fraction of sp³-hybridized carbons (Fsp3) is 0.333. The van der Waals surface area contributed by atoms with E-state index in [1.165, 1.54) is 27.8 Å². The highest BCUT2D eigenvalue weighted by Gasteiger charge is 2.24. The molecule has 1 fully saturated rings. The Labute approximate surface area is 236 Å². The van der Waals surface area contributed by atoms with E-state index in [1.807, 2.05) is 54.6 Å². The molecule has 0 aliphatic heterocycles. The molecule has 0 aromatic heterocycles. The van der Waals surface area contributed by atoms with E-state index in [1.54, 1.807) is 18.2 Å². The van der Waals surface area contributed by atoms with Crippen molar-refractivity contribution in [1.82, 2.24) is 5.32 Å². The first-order valence-corrected chi connectivity index (χ1v) is 13.6. The number of carbonyl (C=O) groups is 2. The summed E-state index contributed by atoms with van der Waals surface area (Å²) in [5.74, 6) is 0.883. The average Bonchev–Trinajstić information content (AvgIpc) is 2.99. The van der Waals surface area contributed by atoms with Crippen LogP contribution in [0.4, 0.5) is 0 Å². The number of benzene rings is 3. The van der Waals surface area contributed by atoms with Crippen molar-refractivity contribution in [1.29, 1.82) is 0 Å². The molecule has 7 nitrogen and oxygen atoms in total. The summed E-state index contributed by atoms with van der Waals surface area (Å²) in [7, 11) is 4.61. The number of esters is 1. The van der Waals surface area contributed by atoms with Gasteiger partial charge in [0.15, 0.2) is 18.1 Å². The predicted octanol–water partition coefficient (Wildman–Crippen LogP) is 6.16. The van der Waals surface area contributed by atoms with Crippen LogP contribution in [0.25, 0.3) is 22.8 Å². The largest absolute Gasteiger partial charge is 0.493 e. The lowest BCUT2D eigenvalue weighted by Crippen LogP contribution is -2.42. The van der Waals surface area contributed by atoms with Crippen molar-refractivity contribution in [3.63, 3.8) is 0 Å². The molecule has 2 atom stereocenters. The molecule has 3 aromatic rings. The van der Waals surface area contributed by atoms with Crippen molar-refractivity contribution in [2.75, 3.05) is 27.9 Å². The maximum Gasteiger partial charge on any atom is 0.339 e. The van der Waals surface area contributed by atoms with Gasteiger partial charge in [-0.05, 0) is 59.2 Å². The SMILES string of the molecule is COc1cc(C=C(C(=O)OCC(=O)NC2CCCCC2C)c2ccc(-c3ccccc3)cc2)cc(OC)c1OC. The molecule has 4 rings (SSSR count). The van der Waals surface area contributed by atoms with E-state index in [0.717, 1.165) is 30.4 Å². The topological polar surface area (TPSA) is 83.1 Å². The van der Waals surface area contributed by atoms with Crippen molar-refractivity contribution in [3.8, 4) is 28.4 Å². The van der Waals surface area contributed by atoms with Crippen molar-refractivity contribution in [2.24, 2.45) is 5.92 Å². The van der Waals surface area contributed by atoms with Crippen LogP contribution in [0.3, 0.4) is 0 Å². The fourth-order valence-electron chi connectivity index (χ4n) is 5.07. The Balaban J connectivity index is 1.62. The molecule has 1 amide bonds.